The van der Waals surface area contributed by atoms with Crippen molar-refractivity contribution >= 4 is 11.6 Å². The van der Waals surface area contributed by atoms with E-state index in [0.717, 1.165) is 5.56 Å². The standard InChI is InChI=1S/C10H11ClO2/c1-7-3-4-9(5-8(7)2)10(11)12-6-13-10/h3-5H,6H2,1-2H3. The van der Waals surface area contributed by atoms with Gasteiger partial charge in [-0.1, -0.05) is 23.7 Å². The lowest BCUT2D eigenvalue weighted by molar-refractivity contribution is -0.360. The van der Waals surface area contributed by atoms with Crippen LogP contribution in [-0.2, 0) is 14.7 Å². The first-order valence-corrected chi connectivity index (χ1v) is 4.54. The van der Waals surface area contributed by atoms with E-state index in [0.29, 0.717) is 0 Å². The van der Waals surface area contributed by atoms with Crippen molar-refractivity contribution in [2.45, 2.75) is 19.1 Å². The molecular formula is C10H11ClO2. The Morgan fingerprint density at radius 1 is 1.23 bits per heavy atom. The zero-order valence-electron chi connectivity index (χ0n) is 7.63. The Morgan fingerprint density at radius 3 is 2.38 bits per heavy atom. The lowest BCUT2D eigenvalue weighted by atomic mass is 10.1. The first kappa shape index (κ1) is 9.00. The Hall–Kier alpha value is -0.570. The number of hydrogen-bond donors (Lipinski definition) is 0. The van der Waals surface area contributed by atoms with Gasteiger partial charge in [-0.15, -0.1) is 0 Å². The summed E-state index contributed by atoms with van der Waals surface area (Å²) in [6.07, 6.45) is 0. The highest BCUT2D eigenvalue weighted by atomic mass is 35.5. The Balaban J connectivity index is 2.36. The molecule has 1 aliphatic heterocycles. The van der Waals surface area contributed by atoms with E-state index in [-0.39, 0.29) is 6.79 Å². The number of alkyl halides is 1. The largest absolute Gasteiger partial charge is 0.306 e. The van der Waals surface area contributed by atoms with Crippen molar-refractivity contribution in [3.63, 3.8) is 0 Å². The highest BCUT2D eigenvalue weighted by Gasteiger charge is 2.39. The van der Waals surface area contributed by atoms with Gasteiger partial charge in [0.15, 0.2) is 6.79 Å². The summed E-state index contributed by atoms with van der Waals surface area (Å²) in [5.74, 6) is 0. The topological polar surface area (TPSA) is 18.5 Å². The molecule has 1 aromatic carbocycles. The molecule has 1 aliphatic rings. The molecule has 0 spiro atoms. The van der Waals surface area contributed by atoms with Gasteiger partial charge in [0.25, 0.3) is 5.25 Å². The fourth-order valence-electron chi connectivity index (χ4n) is 1.26. The molecule has 1 saturated heterocycles. The molecule has 0 aliphatic carbocycles. The van der Waals surface area contributed by atoms with Crippen molar-refractivity contribution in [2.75, 3.05) is 6.79 Å². The first-order valence-electron chi connectivity index (χ1n) is 4.16. The van der Waals surface area contributed by atoms with E-state index in [9.17, 15) is 0 Å². The number of ether oxygens (including phenoxy) is 2. The zero-order chi connectivity index (χ0) is 9.47. The number of rotatable bonds is 1. The molecule has 1 heterocycles. The van der Waals surface area contributed by atoms with Crippen LogP contribution in [0.4, 0.5) is 0 Å². The maximum absolute atomic E-state index is 6.01. The summed E-state index contributed by atoms with van der Waals surface area (Å²) < 4.78 is 10.3. The minimum absolute atomic E-state index is 0.274. The third kappa shape index (κ3) is 1.46. The molecule has 0 radical (unpaired) electrons. The molecule has 0 bridgehead atoms. The minimum atomic E-state index is -1.03. The van der Waals surface area contributed by atoms with Gasteiger partial charge in [-0.2, -0.15) is 0 Å². The van der Waals surface area contributed by atoms with Crippen LogP contribution in [0.2, 0.25) is 0 Å². The van der Waals surface area contributed by atoms with E-state index in [4.69, 9.17) is 21.1 Å². The van der Waals surface area contributed by atoms with Crippen LogP contribution in [-0.4, -0.2) is 6.79 Å². The highest BCUT2D eigenvalue weighted by Crippen LogP contribution is 2.39. The van der Waals surface area contributed by atoms with Gasteiger partial charge >= 0.3 is 0 Å². The van der Waals surface area contributed by atoms with Crippen molar-refractivity contribution in [1.82, 2.24) is 0 Å². The lowest BCUT2D eigenvalue weighted by Crippen LogP contribution is -2.38. The summed E-state index contributed by atoms with van der Waals surface area (Å²) in [6, 6.07) is 5.93. The van der Waals surface area contributed by atoms with Crippen LogP contribution in [0.1, 0.15) is 16.7 Å². The highest BCUT2D eigenvalue weighted by molar-refractivity contribution is 6.22. The van der Waals surface area contributed by atoms with Gasteiger partial charge in [-0.3, -0.25) is 0 Å². The molecule has 0 aromatic heterocycles. The second-order valence-electron chi connectivity index (χ2n) is 3.24. The van der Waals surface area contributed by atoms with E-state index in [1.807, 2.05) is 25.1 Å². The van der Waals surface area contributed by atoms with E-state index < -0.39 is 5.25 Å². The average Bonchev–Trinajstić information content (AvgIpc) is 2.06. The van der Waals surface area contributed by atoms with Crippen LogP contribution < -0.4 is 0 Å². The van der Waals surface area contributed by atoms with Gasteiger partial charge in [0.2, 0.25) is 0 Å². The van der Waals surface area contributed by atoms with Crippen LogP contribution in [0, 0.1) is 13.8 Å². The normalized spacial score (nSPS) is 19.6. The van der Waals surface area contributed by atoms with Crippen LogP contribution in [0.3, 0.4) is 0 Å². The summed E-state index contributed by atoms with van der Waals surface area (Å²) in [7, 11) is 0. The summed E-state index contributed by atoms with van der Waals surface area (Å²) >= 11 is 6.01. The fraction of sp³-hybridized carbons (Fsp3) is 0.400. The number of aryl methyl sites for hydroxylation is 2. The Morgan fingerprint density at radius 2 is 1.92 bits per heavy atom. The van der Waals surface area contributed by atoms with Crippen molar-refractivity contribution < 1.29 is 9.47 Å². The minimum Gasteiger partial charge on any atom is -0.306 e. The maximum Gasteiger partial charge on any atom is 0.280 e. The molecule has 13 heavy (non-hydrogen) atoms. The van der Waals surface area contributed by atoms with E-state index in [1.54, 1.807) is 0 Å². The molecule has 1 aromatic rings. The van der Waals surface area contributed by atoms with Gasteiger partial charge < -0.3 is 9.47 Å². The molecule has 0 N–H and O–H groups in total. The van der Waals surface area contributed by atoms with E-state index >= 15 is 0 Å². The van der Waals surface area contributed by atoms with Crippen LogP contribution in [0.25, 0.3) is 0 Å². The van der Waals surface area contributed by atoms with Crippen molar-refractivity contribution in [2.24, 2.45) is 0 Å². The summed E-state index contributed by atoms with van der Waals surface area (Å²) in [5, 5.41) is -1.03. The number of hydrogen-bond acceptors (Lipinski definition) is 2. The van der Waals surface area contributed by atoms with Crippen LogP contribution >= 0.6 is 11.6 Å². The lowest BCUT2D eigenvalue weighted by Gasteiger charge is -2.35. The van der Waals surface area contributed by atoms with Gasteiger partial charge in [0.05, 0.1) is 0 Å². The Kier molecular flexibility index (Phi) is 2.06. The molecule has 1 fully saturated rings. The fourth-order valence-corrected chi connectivity index (χ4v) is 1.46. The van der Waals surface area contributed by atoms with Gasteiger partial charge in [0.1, 0.15) is 0 Å². The second-order valence-corrected chi connectivity index (χ2v) is 3.74. The molecule has 3 heteroatoms. The number of halogens is 1. The summed E-state index contributed by atoms with van der Waals surface area (Å²) in [4.78, 5) is 0. The van der Waals surface area contributed by atoms with Crippen LogP contribution in [0.15, 0.2) is 18.2 Å². The Bertz CT molecular complexity index is 332. The van der Waals surface area contributed by atoms with Gasteiger partial charge in [-0.05, 0) is 31.0 Å². The average molecular weight is 199 g/mol. The third-order valence-electron chi connectivity index (χ3n) is 2.34. The molecule has 70 valence electrons. The predicted octanol–water partition coefficient (Wildman–Crippen LogP) is 2.66. The number of benzene rings is 1. The van der Waals surface area contributed by atoms with Crippen molar-refractivity contribution in [1.29, 1.82) is 0 Å². The van der Waals surface area contributed by atoms with Gasteiger partial charge in [0, 0.05) is 5.56 Å². The quantitative estimate of drug-likeness (QED) is 0.646. The van der Waals surface area contributed by atoms with Crippen molar-refractivity contribution in [3.8, 4) is 0 Å². The summed E-state index contributed by atoms with van der Waals surface area (Å²) in [6.45, 7) is 4.37. The summed E-state index contributed by atoms with van der Waals surface area (Å²) in [5.41, 5.74) is 3.29. The zero-order valence-corrected chi connectivity index (χ0v) is 8.39. The molecule has 0 amide bonds. The molecule has 2 nitrogen and oxygen atoms in total. The monoisotopic (exact) mass is 198 g/mol. The first-order chi connectivity index (χ1) is 6.12. The van der Waals surface area contributed by atoms with E-state index in [2.05, 4.69) is 6.92 Å². The molecule has 0 saturated carbocycles. The third-order valence-corrected chi connectivity index (χ3v) is 2.78. The SMILES string of the molecule is Cc1ccc(C2(Cl)OCO2)cc1C. The van der Waals surface area contributed by atoms with Crippen LogP contribution in [0.5, 0.6) is 0 Å². The van der Waals surface area contributed by atoms with Crippen molar-refractivity contribution in [3.05, 3.63) is 34.9 Å². The smallest absolute Gasteiger partial charge is 0.280 e. The molecular weight excluding hydrogens is 188 g/mol. The molecule has 0 unspecified atom stereocenters. The van der Waals surface area contributed by atoms with E-state index in [1.165, 1.54) is 11.1 Å². The second kappa shape index (κ2) is 2.98. The molecule has 0 atom stereocenters. The predicted molar refractivity (Wildman–Crippen MR) is 50.5 cm³/mol. The Labute approximate surface area is 82.4 Å². The maximum atomic E-state index is 6.01. The molecule has 2 rings (SSSR count). The van der Waals surface area contributed by atoms with Gasteiger partial charge in [-0.25, -0.2) is 0 Å².